The van der Waals surface area contributed by atoms with E-state index in [9.17, 15) is 9.59 Å². The van der Waals surface area contributed by atoms with Crippen molar-refractivity contribution in [2.45, 2.75) is 12.6 Å². The molecule has 5 nitrogen and oxygen atoms in total. The highest BCUT2D eigenvalue weighted by molar-refractivity contribution is 6.21. The fourth-order valence-corrected chi connectivity index (χ4v) is 3.20. The van der Waals surface area contributed by atoms with Crippen LogP contribution in [0.25, 0.3) is 6.08 Å². The smallest absolute Gasteiger partial charge is 0.254 e. The highest BCUT2D eigenvalue weighted by Gasteiger charge is 2.36. The molecule has 1 unspecified atom stereocenters. The number of Topliss-reactive ketones (excluding diaryl/α,β-unsaturated/α-hetero) is 1. The summed E-state index contributed by atoms with van der Waals surface area (Å²) in [6, 6.07) is 13.1. The number of benzene rings is 2. The lowest BCUT2D eigenvalue weighted by molar-refractivity contribution is 0.0848. The first-order chi connectivity index (χ1) is 12.2. The molecule has 1 aliphatic heterocycles. The van der Waals surface area contributed by atoms with E-state index in [4.69, 9.17) is 4.74 Å². The Bertz CT molecular complexity index is 859. The van der Waals surface area contributed by atoms with Crippen LogP contribution in [-0.4, -0.2) is 30.9 Å². The Morgan fingerprint density at radius 1 is 1.04 bits per heavy atom. The van der Waals surface area contributed by atoms with Gasteiger partial charge in [-0.15, -0.1) is 0 Å². The monoisotopic (exact) mass is 334 g/mol. The third-order valence-corrected chi connectivity index (χ3v) is 4.42. The molecule has 1 atom stereocenters. The summed E-state index contributed by atoms with van der Waals surface area (Å²) >= 11 is 0. The largest absolute Gasteiger partial charge is 0.382 e. The summed E-state index contributed by atoms with van der Waals surface area (Å²) in [5, 5.41) is 5.95. The molecule has 0 spiro atoms. The summed E-state index contributed by atoms with van der Waals surface area (Å²) in [5.41, 5.74) is 3.55. The van der Waals surface area contributed by atoms with Gasteiger partial charge in [-0.2, -0.15) is 0 Å². The maximum Gasteiger partial charge on any atom is 0.254 e. The molecule has 2 bridgehead atoms. The highest BCUT2D eigenvalue weighted by atomic mass is 16.5. The van der Waals surface area contributed by atoms with E-state index in [2.05, 4.69) is 10.6 Å². The molecule has 0 fully saturated rings. The van der Waals surface area contributed by atoms with Gasteiger partial charge in [-0.3, -0.25) is 9.59 Å². The summed E-state index contributed by atoms with van der Waals surface area (Å²) in [7, 11) is 0. The summed E-state index contributed by atoms with van der Waals surface area (Å²) < 4.78 is 5.64. The zero-order valence-electron chi connectivity index (χ0n) is 13.6. The number of carbonyl (C=O) groups is 2. The SMILES string of the molecule is O=C1NC2C=Cc3ccc(NCCOCc4ccccc4)c1c3C2=O. The molecule has 1 amide bonds. The maximum atomic E-state index is 12.4. The molecule has 0 radical (unpaired) electrons. The van der Waals surface area contributed by atoms with Gasteiger partial charge in [0.05, 0.1) is 18.8 Å². The van der Waals surface area contributed by atoms with Gasteiger partial charge in [0.25, 0.3) is 5.91 Å². The van der Waals surface area contributed by atoms with E-state index in [1.54, 1.807) is 6.08 Å². The first kappa shape index (κ1) is 15.6. The standard InChI is InChI=1S/C20H18N2O3/c23-19-16-9-7-14-6-8-15(18(17(14)19)20(24)22-16)21-10-11-25-12-13-4-2-1-3-5-13/h1-9,16,21H,10-12H2,(H,22,24). The molecule has 2 aromatic rings. The van der Waals surface area contributed by atoms with Crippen molar-refractivity contribution in [2.75, 3.05) is 18.5 Å². The quantitative estimate of drug-likeness (QED) is 0.797. The van der Waals surface area contributed by atoms with Gasteiger partial charge in [-0.1, -0.05) is 48.6 Å². The number of amides is 1. The van der Waals surface area contributed by atoms with E-state index < -0.39 is 6.04 Å². The van der Waals surface area contributed by atoms with Crippen molar-refractivity contribution < 1.29 is 14.3 Å². The predicted octanol–water partition coefficient (Wildman–Crippen LogP) is 2.64. The Labute approximate surface area is 145 Å². The number of ketones is 1. The van der Waals surface area contributed by atoms with E-state index in [0.717, 1.165) is 11.1 Å². The molecule has 2 aromatic carbocycles. The average molecular weight is 334 g/mol. The molecule has 25 heavy (non-hydrogen) atoms. The van der Waals surface area contributed by atoms with Gasteiger partial charge < -0.3 is 15.4 Å². The normalized spacial score (nSPS) is 17.4. The van der Waals surface area contributed by atoms with Gasteiger partial charge in [-0.05, 0) is 17.2 Å². The Hall–Kier alpha value is -2.92. The number of anilines is 1. The second-order valence-corrected chi connectivity index (χ2v) is 6.09. The molecule has 0 aromatic heterocycles. The van der Waals surface area contributed by atoms with Gasteiger partial charge in [0.15, 0.2) is 5.78 Å². The zero-order chi connectivity index (χ0) is 17.2. The molecule has 2 N–H and O–H groups in total. The van der Waals surface area contributed by atoms with E-state index in [1.165, 1.54) is 0 Å². The predicted molar refractivity (Wildman–Crippen MR) is 95.6 cm³/mol. The Balaban J connectivity index is 1.42. The lowest BCUT2D eigenvalue weighted by Crippen LogP contribution is -2.47. The number of ether oxygens (including phenoxy) is 1. The van der Waals surface area contributed by atoms with Crippen LogP contribution in [-0.2, 0) is 11.3 Å². The number of nitrogens with one attached hydrogen (secondary N) is 2. The first-order valence-electron chi connectivity index (χ1n) is 8.30. The van der Waals surface area contributed by atoms with Crippen LogP contribution in [0.2, 0.25) is 0 Å². The molecule has 4 rings (SSSR count). The maximum absolute atomic E-state index is 12.4. The van der Waals surface area contributed by atoms with Crippen LogP contribution in [0.15, 0.2) is 48.5 Å². The molecule has 126 valence electrons. The fraction of sp³-hybridized carbons (Fsp3) is 0.200. The van der Waals surface area contributed by atoms with Crippen molar-refractivity contribution in [1.82, 2.24) is 5.32 Å². The summed E-state index contributed by atoms with van der Waals surface area (Å²) in [6.45, 7) is 1.61. The second kappa shape index (κ2) is 6.53. The van der Waals surface area contributed by atoms with E-state index >= 15 is 0 Å². The average Bonchev–Trinajstić information content (AvgIpc) is 2.63. The fourth-order valence-electron chi connectivity index (χ4n) is 3.20. The topological polar surface area (TPSA) is 67.4 Å². The molecular weight excluding hydrogens is 316 g/mol. The summed E-state index contributed by atoms with van der Waals surface area (Å²) in [5.74, 6) is -0.255. The van der Waals surface area contributed by atoms with Crippen LogP contribution < -0.4 is 10.6 Å². The zero-order valence-corrected chi connectivity index (χ0v) is 13.6. The molecule has 1 aliphatic carbocycles. The Kier molecular flexibility index (Phi) is 4.07. The van der Waals surface area contributed by atoms with Crippen LogP contribution in [0.3, 0.4) is 0 Å². The first-order valence-corrected chi connectivity index (χ1v) is 8.30. The molecule has 0 saturated heterocycles. The molecule has 1 heterocycles. The van der Waals surface area contributed by atoms with E-state index in [0.29, 0.717) is 36.6 Å². The van der Waals surface area contributed by atoms with Gasteiger partial charge in [0.2, 0.25) is 0 Å². The van der Waals surface area contributed by atoms with Crippen molar-refractivity contribution in [3.63, 3.8) is 0 Å². The molecular formula is C20H18N2O3. The highest BCUT2D eigenvalue weighted by Crippen LogP contribution is 2.32. The lowest BCUT2D eigenvalue weighted by atomic mass is 9.84. The Morgan fingerprint density at radius 3 is 2.72 bits per heavy atom. The van der Waals surface area contributed by atoms with Gasteiger partial charge >= 0.3 is 0 Å². The molecule has 5 heteroatoms. The van der Waals surface area contributed by atoms with E-state index in [1.807, 2.05) is 48.5 Å². The number of fused-ring (bicyclic) bond motifs is 1. The third-order valence-electron chi connectivity index (χ3n) is 4.42. The van der Waals surface area contributed by atoms with Crippen molar-refractivity contribution >= 4 is 23.5 Å². The number of hydrogen-bond acceptors (Lipinski definition) is 4. The number of hydrogen-bond donors (Lipinski definition) is 2. The lowest BCUT2D eigenvalue weighted by Gasteiger charge is -2.28. The minimum absolute atomic E-state index is 0.0453. The minimum atomic E-state index is -0.531. The van der Waals surface area contributed by atoms with Gasteiger partial charge in [0.1, 0.15) is 6.04 Å². The van der Waals surface area contributed by atoms with Gasteiger partial charge in [0, 0.05) is 17.8 Å². The van der Waals surface area contributed by atoms with Crippen LogP contribution >= 0.6 is 0 Å². The Morgan fingerprint density at radius 2 is 1.88 bits per heavy atom. The van der Waals surface area contributed by atoms with Crippen LogP contribution in [0, 0.1) is 0 Å². The van der Waals surface area contributed by atoms with Crippen molar-refractivity contribution in [3.05, 3.63) is 70.8 Å². The van der Waals surface area contributed by atoms with Crippen molar-refractivity contribution in [2.24, 2.45) is 0 Å². The van der Waals surface area contributed by atoms with Crippen LogP contribution in [0.4, 0.5) is 5.69 Å². The minimum Gasteiger partial charge on any atom is -0.382 e. The summed E-state index contributed by atoms with van der Waals surface area (Å²) in [4.78, 5) is 24.8. The van der Waals surface area contributed by atoms with E-state index in [-0.39, 0.29) is 11.7 Å². The third kappa shape index (κ3) is 2.94. The number of rotatable bonds is 6. The van der Waals surface area contributed by atoms with Gasteiger partial charge in [-0.25, -0.2) is 0 Å². The van der Waals surface area contributed by atoms with Crippen molar-refractivity contribution in [3.8, 4) is 0 Å². The van der Waals surface area contributed by atoms with Crippen LogP contribution in [0.5, 0.6) is 0 Å². The number of carbonyl (C=O) groups excluding carboxylic acids is 2. The van der Waals surface area contributed by atoms with Crippen LogP contribution in [0.1, 0.15) is 31.8 Å². The second-order valence-electron chi connectivity index (χ2n) is 6.09. The molecule has 2 aliphatic rings. The summed E-state index contributed by atoms with van der Waals surface area (Å²) in [6.07, 6.45) is 3.62. The molecule has 0 saturated carbocycles. The van der Waals surface area contributed by atoms with Crippen molar-refractivity contribution in [1.29, 1.82) is 0 Å².